The Balaban J connectivity index is 0.798. The smallest absolute Gasteiger partial charge is 0.410 e. The lowest BCUT2D eigenvalue weighted by molar-refractivity contribution is -0.271. The van der Waals surface area contributed by atoms with Crippen LogP contribution in [0.2, 0.25) is 0 Å². The van der Waals surface area contributed by atoms with Crippen LogP contribution in [0, 0.1) is 5.92 Å². The number of carbonyl (C=O) groups is 8. The molecule has 0 unspecified atom stereocenters. The number of ether oxygens (including phenoxy) is 12. The number of phenols is 1. The van der Waals surface area contributed by atoms with E-state index in [4.69, 9.17) is 61.8 Å². The summed E-state index contributed by atoms with van der Waals surface area (Å²) in [5, 5.41) is 85.1. The maximum Gasteiger partial charge on any atom is 0.410 e. The quantitative estimate of drug-likeness (QED) is 0.0147. The molecule has 0 aliphatic carbocycles. The maximum atomic E-state index is 14.5. The number of aromatic nitrogens is 3. The first-order chi connectivity index (χ1) is 58.6. The number of cyclic esters (lactones) is 1. The molecule has 3 aromatic carbocycles. The summed E-state index contributed by atoms with van der Waals surface area (Å²) in [5.74, 6) is -6.92. The third-order valence-corrected chi connectivity index (χ3v) is 20.9. The van der Waals surface area contributed by atoms with E-state index in [1.54, 1.807) is 46.1 Å². The Bertz CT molecular complexity index is 4600. The van der Waals surface area contributed by atoms with Gasteiger partial charge >= 0.3 is 18.0 Å². The lowest BCUT2D eigenvalue weighted by atomic mass is 9.86. The first-order valence-electron chi connectivity index (χ1n) is 40.7. The second-order valence-electron chi connectivity index (χ2n) is 29.9. The molecule has 9 rings (SSSR count). The molecule has 13 N–H and O–H groups in total. The second-order valence-corrected chi connectivity index (χ2v) is 29.9. The van der Waals surface area contributed by atoms with Gasteiger partial charge in [0.2, 0.25) is 35.8 Å². The van der Waals surface area contributed by atoms with Gasteiger partial charge in [0, 0.05) is 98.5 Å². The molecule has 3 aliphatic heterocycles. The zero-order valence-electron chi connectivity index (χ0n) is 70.3. The Morgan fingerprint density at radius 3 is 1.99 bits per heavy atom. The van der Waals surface area contributed by atoms with E-state index in [9.17, 15) is 73.8 Å². The molecule has 0 spiro atoms. The number of anilines is 2. The lowest BCUT2D eigenvalue weighted by Gasteiger charge is -2.38. The molecule has 3 aliphatic rings. The van der Waals surface area contributed by atoms with Gasteiger partial charge in [-0.2, -0.15) is 0 Å². The van der Waals surface area contributed by atoms with Gasteiger partial charge in [0.1, 0.15) is 61.2 Å². The molecule has 0 saturated carbocycles. The summed E-state index contributed by atoms with van der Waals surface area (Å²) in [7, 11) is 8.60. The highest BCUT2D eigenvalue weighted by molar-refractivity contribution is 6.00. The van der Waals surface area contributed by atoms with Crippen LogP contribution in [0.4, 0.5) is 16.2 Å². The number of nitrogens with zero attached hydrogens (tertiary/aromatic N) is 5. The van der Waals surface area contributed by atoms with E-state index < -0.39 is 114 Å². The number of fused-ring (bicyclic) bond motifs is 6. The minimum atomic E-state index is -2.11. The number of hydrazine groups is 1. The van der Waals surface area contributed by atoms with Crippen LogP contribution in [0.3, 0.4) is 0 Å². The fourth-order valence-electron chi connectivity index (χ4n) is 13.8. The number of phenolic OH excluding ortho intramolecular Hbond substituents is 1. The molecular formula is C83H116N12O27. The van der Waals surface area contributed by atoms with E-state index >= 15 is 0 Å². The predicted octanol–water partition coefficient (Wildman–Crippen LogP) is 1.99. The van der Waals surface area contributed by atoms with Crippen molar-refractivity contribution in [3.05, 3.63) is 111 Å². The first kappa shape index (κ1) is 95.8. The number of carboxylic acids is 1. The Kier molecular flexibility index (Phi) is 36.9. The number of rotatable bonds is 52. The molecule has 1 saturated heterocycles. The summed E-state index contributed by atoms with van der Waals surface area (Å²) in [6.07, 6.45) is -10.6. The van der Waals surface area contributed by atoms with Crippen molar-refractivity contribution < 1.29 is 126 Å². The molecule has 6 aromatic rings. The molecule has 670 valence electrons. The van der Waals surface area contributed by atoms with Crippen molar-refractivity contribution >= 4 is 80.7 Å². The minimum Gasteiger partial charge on any atom is -0.508 e. The number of carbonyl (C=O) groups excluding carboxylic acids is 7. The summed E-state index contributed by atoms with van der Waals surface area (Å²) in [6.45, 7) is 11.7. The fraction of sp³-hybridized carbons (Fsp3) is 0.566. The molecule has 0 bridgehead atoms. The number of aliphatic hydroxyl groups excluding tert-OH is 3. The van der Waals surface area contributed by atoms with Crippen LogP contribution < -0.4 is 47.6 Å². The van der Waals surface area contributed by atoms with E-state index in [1.807, 2.05) is 44.4 Å². The normalized spacial score (nSPS) is 18.0. The minimum absolute atomic E-state index is 0.0287. The van der Waals surface area contributed by atoms with Crippen molar-refractivity contribution in [2.75, 3.05) is 152 Å². The van der Waals surface area contributed by atoms with Crippen molar-refractivity contribution in [3.8, 4) is 22.9 Å². The topological polar surface area (TPSA) is 499 Å². The molecule has 9 atom stereocenters. The van der Waals surface area contributed by atoms with Crippen molar-refractivity contribution in [3.63, 3.8) is 0 Å². The van der Waals surface area contributed by atoms with Gasteiger partial charge < -0.3 is 133 Å². The van der Waals surface area contributed by atoms with E-state index in [2.05, 4.69) is 48.0 Å². The van der Waals surface area contributed by atoms with Crippen molar-refractivity contribution in [1.82, 2.24) is 50.7 Å². The number of benzene rings is 3. The van der Waals surface area contributed by atoms with Crippen LogP contribution in [0.1, 0.15) is 99.7 Å². The number of pyridine rings is 2. The van der Waals surface area contributed by atoms with E-state index in [0.29, 0.717) is 126 Å². The Morgan fingerprint density at radius 1 is 0.713 bits per heavy atom. The van der Waals surface area contributed by atoms with Crippen LogP contribution in [0.5, 0.6) is 11.5 Å². The fourth-order valence-corrected chi connectivity index (χ4v) is 13.8. The zero-order chi connectivity index (χ0) is 88.2. The average Bonchev–Trinajstić information content (AvgIpc) is 1.44. The number of aryl methyl sites for hydroxylation is 1. The van der Waals surface area contributed by atoms with Crippen molar-refractivity contribution in [1.29, 1.82) is 0 Å². The predicted molar refractivity (Wildman–Crippen MR) is 440 cm³/mol. The van der Waals surface area contributed by atoms with Gasteiger partial charge in [-0.05, 0) is 112 Å². The summed E-state index contributed by atoms with van der Waals surface area (Å²) >= 11 is 0. The van der Waals surface area contributed by atoms with Crippen LogP contribution in [-0.2, 0) is 131 Å². The molecule has 6 heterocycles. The highest BCUT2D eigenvalue weighted by Crippen LogP contribution is 2.41. The van der Waals surface area contributed by atoms with Gasteiger partial charge in [-0.1, -0.05) is 26.8 Å². The molecule has 0 radical (unpaired) electrons. The standard InChI is InChI=1S/C83H116N12O27/c1-10-83(110)59-43-64-70-53(44-95(64)78(105)58(59)48-119-81(83)108)42-56-57(65(96)19-17-60(56)89-70)46-92(7)82(109)120-47-51-14-16-61(66(39-51)121-80-73(101)71(99)72(100)74(122-80)79(106)107)90-75(102)50(4)87-77(104)69(49(2)3)91-76(103)62(13-11-12-22-86-67(97)20-23-94-55(45-93(8)85-6)41-52-40-54(84-5)15-18-63(52)94)88-68(98)21-24-112-27-28-114-31-32-116-35-36-118-38-37-117-34-33-115-30-29-113-26-25-111-9/h14-19,39-43,49-50,62,69,71-74,80,84-85,96,99-101,110H,10-13,20-38,44-48H2,1-9H3,(H,86,97)(H,87,104)(H,88,98)(H,90,102)(H,91,103)(H,106,107)/t50-,62-,69-,71-,72-,73+,74-,80+,83-/m0/s1. The van der Waals surface area contributed by atoms with Gasteiger partial charge in [-0.25, -0.2) is 24.4 Å². The average molecular weight is 1710 g/mol. The van der Waals surface area contributed by atoms with Gasteiger partial charge in [0.05, 0.1) is 147 Å². The van der Waals surface area contributed by atoms with E-state index in [0.717, 1.165) is 27.2 Å². The molecular weight excluding hydrogens is 1600 g/mol. The first-order valence-corrected chi connectivity index (χ1v) is 40.7. The summed E-state index contributed by atoms with van der Waals surface area (Å²) in [6, 6.07) is 14.4. The summed E-state index contributed by atoms with van der Waals surface area (Å²) in [5.41, 5.74) is 5.74. The number of hydrogen-bond donors (Lipinski definition) is 13. The molecule has 3 aromatic heterocycles. The number of carboxylic acid groups (broad SMARTS) is 1. The number of nitrogens with one attached hydrogen (secondary N) is 7. The third kappa shape index (κ3) is 26.0. The largest absolute Gasteiger partial charge is 0.508 e. The molecule has 39 heteroatoms. The molecule has 1 fully saturated rings. The highest BCUT2D eigenvalue weighted by Gasteiger charge is 2.49. The number of aromatic hydroxyl groups is 1. The Labute approximate surface area is 705 Å². The number of amides is 6. The molecule has 6 amide bonds. The number of methoxy groups -OCH3 is 1. The van der Waals surface area contributed by atoms with Gasteiger partial charge in [0.25, 0.3) is 5.56 Å². The number of esters is 1. The van der Waals surface area contributed by atoms with Gasteiger partial charge in [-0.15, -0.1) is 0 Å². The second kappa shape index (κ2) is 47.0. The summed E-state index contributed by atoms with van der Waals surface area (Å²) in [4.78, 5) is 129. The Hall–Kier alpha value is -10.1. The number of unbranched alkanes of at least 4 members (excludes halogenated alkanes) is 1. The van der Waals surface area contributed by atoms with Crippen molar-refractivity contribution in [2.24, 2.45) is 5.92 Å². The number of aliphatic hydroxyl groups is 4. The molecule has 122 heavy (non-hydrogen) atoms. The van der Waals surface area contributed by atoms with Crippen LogP contribution in [-0.4, -0.2) is 292 Å². The van der Waals surface area contributed by atoms with E-state index in [-0.39, 0.29) is 124 Å². The Morgan fingerprint density at radius 2 is 1.37 bits per heavy atom. The SMILES string of the molecule is CC[C@@]1(O)C(=O)OCc2c1cc1n(c2=O)Cc2cc3c(CN(C)C(=O)OCc4ccc(NC(=O)[C@H](C)NC(=O)[C@@H](NC(=O)[C@H](CCCCNC(=O)CCn5c(CN(C)NC)cc6cc(NC)ccc65)NC(=O)CCOCCOCCOCCOCCOCCOCCOCCOC)C(C)C)c(O[C@@H]5O[C@H](C(=O)O)[C@@H](O)[C@H](O)[C@H]5O)c4)c(O)ccc3nc2-1. The van der Waals surface area contributed by atoms with Crippen LogP contribution in [0.15, 0.2) is 71.5 Å². The number of aliphatic carboxylic acids is 1. The van der Waals surface area contributed by atoms with Crippen LogP contribution in [0.25, 0.3) is 33.2 Å². The third-order valence-electron chi connectivity index (χ3n) is 20.9. The van der Waals surface area contributed by atoms with Gasteiger partial charge in [0.15, 0.2) is 11.7 Å². The molecule has 39 nitrogen and oxygen atoms in total. The monoisotopic (exact) mass is 1710 g/mol. The zero-order valence-corrected chi connectivity index (χ0v) is 70.3. The van der Waals surface area contributed by atoms with E-state index in [1.165, 1.54) is 42.8 Å². The highest BCUT2D eigenvalue weighted by atomic mass is 16.7. The maximum absolute atomic E-state index is 14.5. The lowest BCUT2D eigenvalue weighted by Crippen LogP contribution is -2.61. The number of hydrogen-bond acceptors (Lipinski definition) is 30. The van der Waals surface area contributed by atoms with Crippen molar-refractivity contribution in [2.45, 2.75) is 160 Å². The van der Waals surface area contributed by atoms with Crippen LogP contribution >= 0.6 is 0 Å². The summed E-state index contributed by atoms with van der Waals surface area (Å²) < 4.78 is 69.5. The van der Waals surface area contributed by atoms with Gasteiger partial charge in [-0.3, -0.25) is 34.2 Å².